The minimum absolute atomic E-state index is 0.340. The van der Waals surface area contributed by atoms with Crippen LogP contribution in [0.2, 0.25) is 0 Å². The predicted octanol–water partition coefficient (Wildman–Crippen LogP) is 2.35. The molecule has 0 aromatic heterocycles. The Kier molecular flexibility index (Phi) is 3.09. The van der Waals surface area contributed by atoms with Crippen LogP contribution >= 0.6 is 0 Å². The molecule has 0 amide bonds. The molecule has 2 rings (SSSR count). The molecule has 2 fully saturated rings. The molecule has 2 heterocycles. The van der Waals surface area contributed by atoms with Gasteiger partial charge in [0.05, 0.1) is 0 Å². The Hall–Kier alpha value is -0.0800. The lowest BCUT2D eigenvalue weighted by atomic mass is 9.62. The normalized spacial score (nSPS) is 38.1. The van der Waals surface area contributed by atoms with Crippen LogP contribution in [0.3, 0.4) is 0 Å². The molecular formula is C14H28N2. The van der Waals surface area contributed by atoms with Crippen molar-refractivity contribution >= 4 is 0 Å². The van der Waals surface area contributed by atoms with Gasteiger partial charge in [-0.05, 0) is 50.6 Å². The summed E-state index contributed by atoms with van der Waals surface area (Å²) < 4.78 is 0. The number of hydrogen-bond donors (Lipinski definition) is 1. The maximum Gasteiger partial charge on any atom is 0.0128 e. The number of hydrogen-bond acceptors (Lipinski definition) is 2. The third kappa shape index (κ3) is 2.28. The summed E-state index contributed by atoms with van der Waals surface area (Å²) in [7, 11) is 0. The Labute approximate surface area is 101 Å². The third-order valence-electron chi connectivity index (χ3n) is 4.72. The molecule has 1 N–H and O–H groups in total. The summed E-state index contributed by atoms with van der Waals surface area (Å²) in [5.41, 5.74) is 0.825. The molecule has 2 nitrogen and oxygen atoms in total. The van der Waals surface area contributed by atoms with Gasteiger partial charge in [0.1, 0.15) is 0 Å². The van der Waals surface area contributed by atoms with Gasteiger partial charge in [-0.2, -0.15) is 0 Å². The average Bonchev–Trinajstić information content (AvgIpc) is 2.17. The molecule has 2 unspecified atom stereocenters. The van der Waals surface area contributed by atoms with E-state index in [0.717, 1.165) is 11.8 Å². The van der Waals surface area contributed by atoms with Crippen LogP contribution in [0, 0.1) is 17.3 Å². The molecule has 2 heteroatoms. The van der Waals surface area contributed by atoms with Crippen molar-refractivity contribution in [3.8, 4) is 0 Å². The summed E-state index contributed by atoms with van der Waals surface area (Å²) in [6.45, 7) is 16.9. The summed E-state index contributed by atoms with van der Waals surface area (Å²) >= 11 is 0. The fourth-order valence-corrected chi connectivity index (χ4v) is 3.78. The quantitative estimate of drug-likeness (QED) is 0.735. The zero-order chi connectivity index (χ0) is 12.0. The minimum Gasteiger partial charge on any atom is -0.311 e. The highest BCUT2D eigenvalue weighted by atomic mass is 15.2. The van der Waals surface area contributed by atoms with Gasteiger partial charge in [0.25, 0.3) is 0 Å². The molecule has 2 aliphatic rings. The zero-order valence-corrected chi connectivity index (χ0v) is 11.6. The van der Waals surface area contributed by atoms with Gasteiger partial charge in [-0.3, -0.25) is 0 Å². The number of piperidine rings is 2. The number of rotatable bonds is 1. The number of nitrogens with one attached hydrogen (secondary N) is 1. The topological polar surface area (TPSA) is 15.3 Å². The van der Waals surface area contributed by atoms with E-state index in [4.69, 9.17) is 0 Å². The van der Waals surface area contributed by atoms with Crippen LogP contribution in [0.4, 0.5) is 0 Å². The molecule has 0 radical (unpaired) electrons. The summed E-state index contributed by atoms with van der Waals surface area (Å²) in [4.78, 5) is 2.63. The molecule has 2 atom stereocenters. The second kappa shape index (κ2) is 3.99. The highest BCUT2D eigenvalue weighted by molar-refractivity contribution is 5.00. The second-order valence-electron chi connectivity index (χ2n) is 7.15. The Morgan fingerprint density at radius 1 is 1.25 bits per heavy atom. The smallest absolute Gasteiger partial charge is 0.0128 e. The summed E-state index contributed by atoms with van der Waals surface area (Å²) in [6.07, 6.45) is 1.34. The summed E-state index contributed by atoms with van der Waals surface area (Å²) in [6, 6.07) is 0. The predicted molar refractivity (Wildman–Crippen MR) is 69.6 cm³/mol. The van der Waals surface area contributed by atoms with Crippen molar-refractivity contribution in [3.05, 3.63) is 0 Å². The molecule has 0 aliphatic carbocycles. The van der Waals surface area contributed by atoms with E-state index in [2.05, 4.69) is 44.8 Å². The van der Waals surface area contributed by atoms with Gasteiger partial charge in [-0.25, -0.2) is 0 Å². The van der Waals surface area contributed by atoms with E-state index in [1.165, 1.54) is 32.6 Å². The SMILES string of the molecule is CCN1CC2CNC(C)(C)CC2C(C)(C)C1. The van der Waals surface area contributed by atoms with Crippen molar-refractivity contribution in [1.29, 1.82) is 0 Å². The first kappa shape index (κ1) is 12.4. The van der Waals surface area contributed by atoms with Crippen molar-refractivity contribution < 1.29 is 0 Å². The van der Waals surface area contributed by atoms with Crippen LogP contribution in [0.15, 0.2) is 0 Å². The fourth-order valence-electron chi connectivity index (χ4n) is 3.78. The van der Waals surface area contributed by atoms with E-state index < -0.39 is 0 Å². The lowest BCUT2D eigenvalue weighted by Crippen LogP contribution is -2.61. The monoisotopic (exact) mass is 224 g/mol. The number of likely N-dealkylation sites (tertiary alicyclic amines) is 1. The van der Waals surface area contributed by atoms with E-state index in [-0.39, 0.29) is 0 Å². The lowest BCUT2D eigenvalue weighted by Gasteiger charge is -2.54. The first-order chi connectivity index (χ1) is 7.34. The molecule has 0 bridgehead atoms. The van der Waals surface area contributed by atoms with Crippen LogP contribution < -0.4 is 5.32 Å². The minimum atomic E-state index is 0.340. The Morgan fingerprint density at radius 2 is 1.94 bits per heavy atom. The van der Waals surface area contributed by atoms with Crippen molar-refractivity contribution in [2.75, 3.05) is 26.2 Å². The van der Waals surface area contributed by atoms with E-state index in [1.54, 1.807) is 0 Å². The second-order valence-corrected chi connectivity index (χ2v) is 7.15. The molecular weight excluding hydrogens is 196 g/mol. The van der Waals surface area contributed by atoms with Gasteiger partial charge in [0, 0.05) is 18.6 Å². The number of nitrogens with zero attached hydrogens (tertiary/aromatic N) is 1. The standard InChI is InChI=1S/C14H28N2/c1-6-16-9-11-8-15-14(4,5)7-12(11)13(2,3)10-16/h11-12,15H,6-10H2,1-5H3. The van der Waals surface area contributed by atoms with E-state index in [1.807, 2.05) is 0 Å². The maximum absolute atomic E-state index is 3.71. The van der Waals surface area contributed by atoms with Gasteiger partial charge < -0.3 is 10.2 Å². The van der Waals surface area contributed by atoms with Gasteiger partial charge >= 0.3 is 0 Å². The van der Waals surface area contributed by atoms with Gasteiger partial charge in [-0.1, -0.05) is 20.8 Å². The lowest BCUT2D eigenvalue weighted by molar-refractivity contribution is -0.0311. The van der Waals surface area contributed by atoms with E-state index >= 15 is 0 Å². The Bertz CT molecular complexity index is 257. The number of fused-ring (bicyclic) bond motifs is 1. The first-order valence-electron chi connectivity index (χ1n) is 6.81. The van der Waals surface area contributed by atoms with Crippen LogP contribution in [0.5, 0.6) is 0 Å². The van der Waals surface area contributed by atoms with Crippen LogP contribution in [0.1, 0.15) is 41.0 Å². The van der Waals surface area contributed by atoms with Gasteiger partial charge in [0.2, 0.25) is 0 Å². The maximum atomic E-state index is 3.71. The summed E-state index contributed by atoms with van der Waals surface area (Å²) in [5, 5.41) is 3.71. The fraction of sp³-hybridized carbons (Fsp3) is 1.00. The Balaban J connectivity index is 2.14. The zero-order valence-electron chi connectivity index (χ0n) is 11.6. The molecule has 94 valence electrons. The first-order valence-corrected chi connectivity index (χ1v) is 6.81. The highest BCUT2D eigenvalue weighted by Gasteiger charge is 2.46. The largest absolute Gasteiger partial charge is 0.311 e. The average molecular weight is 224 g/mol. The molecule has 0 aromatic rings. The van der Waals surface area contributed by atoms with E-state index in [9.17, 15) is 0 Å². The molecule has 0 aromatic carbocycles. The summed E-state index contributed by atoms with van der Waals surface area (Å²) in [5.74, 6) is 1.75. The van der Waals surface area contributed by atoms with Crippen molar-refractivity contribution in [2.45, 2.75) is 46.6 Å². The van der Waals surface area contributed by atoms with E-state index in [0.29, 0.717) is 11.0 Å². The highest BCUT2D eigenvalue weighted by Crippen LogP contribution is 2.44. The van der Waals surface area contributed by atoms with Gasteiger partial charge in [-0.15, -0.1) is 0 Å². The molecule has 16 heavy (non-hydrogen) atoms. The van der Waals surface area contributed by atoms with Crippen molar-refractivity contribution in [2.24, 2.45) is 17.3 Å². The van der Waals surface area contributed by atoms with Crippen LogP contribution in [0.25, 0.3) is 0 Å². The molecule has 2 saturated heterocycles. The Morgan fingerprint density at radius 3 is 2.56 bits per heavy atom. The van der Waals surface area contributed by atoms with Crippen LogP contribution in [-0.2, 0) is 0 Å². The van der Waals surface area contributed by atoms with Crippen molar-refractivity contribution in [3.63, 3.8) is 0 Å². The van der Waals surface area contributed by atoms with Crippen LogP contribution in [-0.4, -0.2) is 36.6 Å². The molecule has 0 saturated carbocycles. The van der Waals surface area contributed by atoms with Crippen molar-refractivity contribution in [1.82, 2.24) is 10.2 Å². The van der Waals surface area contributed by atoms with Gasteiger partial charge in [0.15, 0.2) is 0 Å². The molecule has 2 aliphatic heterocycles. The molecule has 0 spiro atoms. The third-order valence-corrected chi connectivity index (χ3v) is 4.72.